The van der Waals surface area contributed by atoms with Gasteiger partial charge in [0.25, 0.3) is 0 Å². The van der Waals surface area contributed by atoms with Crippen LogP contribution in [0.2, 0.25) is 10.0 Å². The van der Waals surface area contributed by atoms with Gasteiger partial charge in [0.1, 0.15) is 0 Å². The van der Waals surface area contributed by atoms with Crippen molar-refractivity contribution in [3.8, 4) is 0 Å². The lowest BCUT2D eigenvalue weighted by atomic mass is 9.63. The van der Waals surface area contributed by atoms with E-state index in [4.69, 9.17) is 23.2 Å². The summed E-state index contributed by atoms with van der Waals surface area (Å²) in [6, 6.07) is 5.42. The number of aliphatic hydroxyl groups excluding tert-OH is 1. The van der Waals surface area contributed by atoms with E-state index in [2.05, 4.69) is 10.4 Å². The number of carbonyl (C=O) groups excluding carboxylic acids is 1. The molecule has 2 N–H and O–H groups in total. The lowest BCUT2D eigenvalue weighted by molar-refractivity contribution is -0.130. The fraction of sp³-hybridized carbons (Fsp3) is 0.474. The topological polar surface area (TPSA) is 67.2 Å². The van der Waals surface area contributed by atoms with E-state index in [1.807, 2.05) is 19.3 Å². The smallest absolute Gasteiger partial charge is 0.230 e. The summed E-state index contributed by atoms with van der Waals surface area (Å²) in [7, 11) is 1.86. The van der Waals surface area contributed by atoms with Crippen LogP contribution in [0.15, 0.2) is 30.6 Å². The minimum atomic E-state index is -0.539. The summed E-state index contributed by atoms with van der Waals surface area (Å²) >= 11 is 12.1. The SMILES string of the molecule is Cn1cc(C[C@H](CO)CNC(=O)C2(c3ccc(Cl)c(Cl)c3)CCC2)cn1. The van der Waals surface area contributed by atoms with Crippen molar-refractivity contribution in [2.24, 2.45) is 13.0 Å². The van der Waals surface area contributed by atoms with Crippen molar-refractivity contribution in [1.82, 2.24) is 15.1 Å². The van der Waals surface area contributed by atoms with Gasteiger partial charge in [0.05, 0.1) is 21.7 Å². The molecule has 1 heterocycles. The third-order valence-electron chi connectivity index (χ3n) is 5.21. The molecule has 0 radical (unpaired) electrons. The molecule has 5 nitrogen and oxygen atoms in total. The molecule has 1 amide bonds. The highest BCUT2D eigenvalue weighted by atomic mass is 35.5. The number of aryl methyl sites for hydroxylation is 1. The molecule has 1 aromatic carbocycles. The van der Waals surface area contributed by atoms with Crippen LogP contribution in [0.4, 0.5) is 0 Å². The lowest BCUT2D eigenvalue weighted by Gasteiger charge is -2.41. The molecule has 0 saturated heterocycles. The molecule has 0 unspecified atom stereocenters. The molecule has 1 aliphatic carbocycles. The number of aromatic nitrogens is 2. The van der Waals surface area contributed by atoms with Crippen molar-refractivity contribution in [2.75, 3.05) is 13.2 Å². The molecule has 1 atom stereocenters. The second-order valence-corrected chi connectivity index (χ2v) is 7.86. The number of halogens is 2. The van der Waals surface area contributed by atoms with Crippen LogP contribution in [0.5, 0.6) is 0 Å². The Morgan fingerprint density at radius 3 is 2.69 bits per heavy atom. The van der Waals surface area contributed by atoms with E-state index in [0.29, 0.717) is 23.0 Å². The number of benzene rings is 1. The van der Waals surface area contributed by atoms with Crippen LogP contribution in [0.25, 0.3) is 0 Å². The maximum absolute atomic E-state index is 12.9. The highest BCUT2D eigenvalue weighted by Gasteiger charge is 2.45. The third kappa shape index (κ3) is 3.90. The summed E-state index contributed by atoms with van der Waals surface area (Å²) in [6.45, 7) is 0.433. The van der Waals surface area contributed by atoms with Gasteiger partial charge in [-0.25, -0.2) is 0 Å². The van der Waals surface area contributed by atoms with Crippen LogP contribution in [0, 0.1) is 5.92 Å². The van der Waals surface area contributed by atoms with Crippen LogP contribution in [-0.2, 0) is 23.7 Å². The van der Waals surface area contributed by atoms with Crippen LogP contribution in [-0.4, -0.2) is 33.9 Å². The average Bonchev–Trinajstić information content (AvgIpc) is 2.98. The second kappa shape index (κ2) is 7.99. The van der Waals surface area contributed by atoms with Crippen molar-refractivity contribution in [3.63, 3.8) is 0 Å². The molecule has 1 aromatic heterocycles. The second-order valence-electron chi connectivity index (χ2n) is 7.05. The molecule has 2 aromatic rings. The molecule has 1 saturated carbocycles. The Bertz CT molecular complexity index is 787. The lowest BCUT2D eigenvalue weighted by Crippen LogP contribution is -2.50. The quantitative estimate of drug-likeness (QED) is 0.756. The van der Waals surface area contributed by atoms with Crippen molar-refractivity contribution in [2.45, 2.75) is 31.1 Å². The zero-order valence-corrected chi connectivity index (χ0v) is 16.2. The van der Waals surface area contributed by atoms with E-state index in [0.717, 1.165) is 30.4 Å². The Morgan fingerprint density at radius 1 is 1.38 bits per heavy atom. The first-order valence-electron chi connectivity index (χ1n) is 8.77. The number of hydrogen-bond donors (Lipinski definition) is 2. The van der Waals surface area contributed by atoms with E-state index in [9.17, 15) is 9.90 Å². The Labute approximate surface area is 163 Å². The predicted molar refractivity (Wildman–Crippen MR) is 102 cm³/mol. The Kier molecular flexibility index (Phi) is 5.90. The molecule has 0 aliphatic heterocycles. The molecular weight excluding hydrogens is 373 g/mol. The summed E-state index contributed by atoms with van der Waals surface area (Å²) in [5.41, 5.74) is 1.41. The third-order valence-corrected chi connectivity index (χ3v) is 5.95. The molecule has 0 spiro atoms. The zero-order chi connectivity index (χ0) is 18.7. The maximum atomic E-state index is 12.9. The first-order chi connectivity index (χ1) is 12.4. The summed E-state index contributed by atoms with van der Waals surface area (Å²) in [4.78, 5) is 12.9. The Hall–Kier alpha value is -1.56. The fourth-order valence-corrected chi connectivity index (χ4v) is 3.79. The normalized spacial score (nSPS) is 16.8. The van der Waals surface area contributed by atoms with Crippen molar-refractivity contribution >= 4 is 29.1 Å². The summed E-state index contributed by atoms with van der Waals surface area (Å²) in [5, 5.41) is 17.8. The van der Waals surface area contributed by atoms with E-state index in [1.165, 1.54) is 0 Å². The van der Waals surface area contributed by atoms with Gasteiger partial charge in [-0.05, 0) is 42.5 Å². The van der Waals surface area contributed by atoms with E-state index < -0.39 is 5.41 Å². The largest absolute Gasteiger partial charge is 0.396 e. The number of rotatable bonds is 7. The molecule has 140 valence electrons. The van der Waals surface area contributed by atoms with Gasteiger partial charge >= 0.3 is 0 Å². The van der Waals surface area contributed by atoms with Gasteiger partial charge in [0, 0.05) is 32.3 Å². The molecule has 1 fully saturated rings. The van der Waals surface area contributed by atoms with E-state index >= 15 is 0 Å². The number of nitrogens with zero attached hydrogens (tertiary/aromatic N) is 2. The molecular formula is C19H23Cl2N3O2. The standard InChI is InChI=1S/C19H23Cl2N3O2/c1-24-11-13(10-23-24)7-14(12-25)9-22-18(26)19(5-2-6-19)15-3-4-16(20)17(21)8-15/h3-4,8,10-11,14,25H,2,5-7,9,12H2,1H3,(H,22,26)/t14-/m0/s1. The predicted octanol–water partition coefficient (Wildman–Crippen LogP) is 3.12. The van der Waals surface area contributed by atoms with E-state index in [1.54, 1.807) is 23.0 Å². The van der Waals surface area contributed by atoms with Crippen LogP contribution in [0.1, 0.15) is 30.4 Å². The summed E-state index contributed by atoms with van der Waals surface area (Å²) in [5.74, 6) is -0.0548. The summed E-state index contributed by atoms with van der Waals surface area (Å²) in [6.07, 6.45) is 6.98. The minimum absolute atomic E-state index is 0.00762. The average molecular weight is 396 g/mol. The van der Waals surface area contributed by atoms with Crippen LogP contribution in [0.3, 0.4) is 0 Å². The minimum Gasteiger partial charge on any atom is -0.396 e. The number of aliphatic hydroxyl groups is 1. The van der Waals surface area contributed by atoms with Gasteiger partial charge < -0.3 is 10.4 Å². The fourth-order valence-electron chi connectivity index (χ4n) is 3.49. The maximum Gasteiger partial charge on any atom is 0.230 e. The van der Waals surface area contributed by atoms with Crippen molar-refractivity contribution in [3.05, 3.63) is 51.8 Å². The molecule has 26 heavy (non-hydrogen) atoms. The molecule has 3 rings (SSSR count). The van der Waals surface area contributed by atoms with Crippen LogP contribution < -0.4 is 5.32 Å². The highest BCUT2D eigenvalue weighted by molar-refractivity contribution is 6.42. The molecule has 1 aliphatic rings. The van der Waals surface area contributed by atoms with Gasteiger partial charge in [-0.15, -0.1) is 0 Å². The monoisotopic (exact) mass is 395 g/mol. The number of amides is 1. The van der Waals surface area contributed by atoms with Crippen molar-refractivity contribution < 1.29 is 9.90 Å². The van der Waals surface area contributed by atoms with Gasteiger partial charge in [0.2, 0.25) is 5.91 Å². The van der Waals surface area contributed by atoms with Gasteiger partial charge in [-0.2, -0.15) is 5.10 Å². The zero-order valence-electron chi connectivity index (χ0n) is 14.7. The number of carbonyl (C=O) groups is 1. The highest BCUT2D eigenvalue weighted by Crippen LogP contribution is 2.45. The van der Waals surface area contributed by atoms with Gasteiger partial charge in [-0.3, -0.25) is 9.48 Å². The Morgan fingerprint density at radius 2 is 2.15 bits per heavy atom. The van der Waals surface area contributed by atoms with Crippen LogP contribution >= 0.6 is 23.2 Å². The Balaban J connectivity index is 1.66. The first-order valence-corrected chi connectivity index (χ1v) is 9.52. The first kappa shape index (κ1) is 19.2. The number of nitrogens with one attached hydrogen (secondary N) is 1. The van der Waals surface area contributed by atoms with Crippen molar-refractivity contribution in [1.29, 1.82) is 0 Å². The molecule has 0 bridgehead atoms. The van der Waals surface area contributed by atoms with E-state index in [-0.39, 0.29) is 18.4 Å². The summed E-state index contributed by atoms with van der Waals surface area (Å²) < 4.78 is 1.73. The van der Waals surface area contributed by atoms with Gasteiger partial charge in [0.15, 0.2) is 0 Å². The number of hydrogen-bond acceptors (Lipinski definition) is 3. The van der Waals surface area contributed by atoms with Gasteiger partial charge in [-0.1, -0.05) is 35.7 Å². The molecule has 7 heteroatoms.